The second kappa shape index (κ2) is 11.7. The molecule has 5 nitrogen and oxygen atoms in total. The summed E-state index contributed by atoms with van der Waals surface area (Å²) in [5, 5.41) is 6.82. The molecule has 0 saturated carbocycles. The zero-order chi connectivity index (χ0) is 17.1. The molecule has 0 aromatic carbocycles. The van der Waals surface area contributed by atoms with Crippen molar-refractivity contribution in [3.63, 3.8) is 0 Å². The Labute approximate surface area is 143 Å². The normalized spacial score (nSPS) is 21.5. The minimum Gasteiger partial charge on any atom is -0.381 e. The highest BCUT2D eigenvalue weighted by molar-refractivity contribution is 5.79. The molecule has 0 aromatic heterocycles. The molecule has 2 unspecified atom stereocenters. The largest absolute Gasteiger partial charge is 0.381 e. The lowest BCUT2D eigenvalue weighted by molar-refractivity contribution is 0.108. The van der Waals surface area contributed by atoms with Gasteiger partial charge in [0.05, 0.1) is 0 Å². The van der Waals surface area contributed by atoms with Gasteiger partial charge in [-0.25, -0.2) is 0 Å². The van der Waals surface area contributed by atoms with E-state index in [1.165, 1.54) is 25.8 Å². The molecule has 1 aliphatic rings. The molecule has 5 heteroatoms. The Morgan fingerprint density at radius 1 is 1.26 bits per heavy atom. The average Bonchev–Trinajstić information content (AvgIpc) is 2.53. The van der Waals surface area contributed by atoms with Gasteiger partial charge in [-0.05, 0) is 45.6 Å². The van der Waals surface area contributed by atoms with Crippen molar-refractivity contribution in [1.82, 2.24) is 15.5 Å². The Morgan fingerprint density at radius 2 is 2.04 bits per heavy atom. The molecule has 1 aliphatic heterocycles. The summed E-state index contributed by atoms with van der Waals surface area (Å²) >= 11 is 0. The second-order valence-corrected chi connectivity index (χ2v) is 7.13. The zero-order valence-corrected chi connectivity index (χ0v) is 15.9. The second-order valence-electron chi connectivity index (χ2n) is 7.13. The number of likely N-dealkylation sites (tertiary alicyclic amines) is 1. The van der Waals surface area contributed by atoms with Crippen LogP contribution in [0.1, 0.15) is 53.4 Å². The molecule has 0 spiro atoms. The molecule has 0 aliphatic carbocycles. The fourth-order valence-electron chi connectivity index (χ4n) is 3.06. The highest BCUT2D eigenvalue weighted by atomic mass is 16.5. The third-order valence-corrected chi connectivity index (χ3v) is 4.42. The van der Waals surface area contributed by atoms with Gasteiger partial charge in [0, 0.05) is 45.4 Å². The van der Waals surface area contributed by atoms with E-state index in [2.05, 4.69) is 48.2 Å². The van der Waals surface area contributed by atoms with E-state index in [-0.39, 0.29) is 0 Å². The molecule has 0 radical (unpaired) electrons. The minimum absolute atomic E-state index is 0.540. The Kier molecular flexibility index (Phi) is 10.3. The maximum atomic E-state index is 5.59. The van der Waals surface area contributed by atoms with Crippen molar-refractivity contribution in [1.29, 1.82) is 0 Å². The Morgan fingerprint density at radius 3 is 2.70 bits per heavy atom. The summed E-state index contributed by atoms with van der Waals surface area (Å²) in [7, 11) is 1.83. The van der Waals surface area contributed by atoms with Crippen molar-refractivity contribution < 1.29 is 4.74 Å². The van der Waals surface area contributed by atoms with Crippen molar-refractivity contribution in [2.45, 2.75) is 65.5 Å². The van der Waals surface area contributed by atoms with Gasteiger partial charge in [-0.15, -0.1) is 0 Å². The van der Waals surface area contributed by atoms with Crippen molar-refractivity contribution in [3.05, 3.63) is 0 Å². The number of nitrogens with zero attached hydrogens (tertiary/aromatic N) is 2. The van der Waals surface area contributed by atoms with E-state index in [4.69, 9.17) is 4.74 Å². The molecule has 0 aromatic rings. The highest BCUT2D eigenvalue weighted by Crippen LogP contribution is 2.18. The van der Waals surface area contributed by atoms with E-state index < -0.39 is 0 Å². The van der Waals surface area contributed by atoms with E-state index in [1.807, 2.05) is 7.05 Å². The van der Waals surface area contributed by atoms with Crippen LogP contribution in [0.4, 0.5) is 0 Å². The number of hydrogen-bond acceptors (Lipinski definition) is 3. The van der Waals surface area contributed by atoms with Gasteiger partial charge in [-0.2, -0.15) is 0 Å². The van der Waals surface area contributed by atoms with Gasteiger partial charge in [-0.1, -0.05) is 20.3 Å². The summed E-state index contributed by atoms with van der Waals surface area (Å²) in [6.07, 6.45) is 5.04. The Balaban J connectivity index is 2.15. The molecule has 1 saturated heterocycles. The van der Waals surface area contributed by atoms with Gasteiger partial charge in [0.2, 0.25) is 0 Å². The number of hydrogen-bond donors (Lipinski definition) is 2. The topological polar surface area (TPSA) is 48.9 Å². The monoisotopic (exact) mass is 326 g/mol. The van der Waals surface area contributed by atoms with Crippen molar-refractivity contribution >= 4 is 5.96 Å². The van der Waals surface area contributed by atoms with Gasteiger partial charge >= 0.3 is 0 Å². The smallest absolute Gasteiger partial charge is 0.191 e. The Hall–Kier alpha value is -0.810. The standard InChI is InChI=1S/C18H38N4O/c1-15(2)14-23-12-8-10-20-18(19-5)21-13-17(4)22-11-7-6-9-16(22)3/h15-17H,6-14H2,1-5H3,(H2,19,20,21). The molecule has 1 fully saturated rings. The summed E-state index contributed by atoms with van der Waals surface area (Å²) in [5.41, 5.74) is 0. The van der Waals surface area contributed by atoms with Crippen LogP contribution in [-0.2, 0) is 4.74 Å². The van der Waals surface area contributed by atoms with Crippen molar-refractivity contribution in [2.24, 2.45) is 10.9 Å². The highest BCUT2D eigenvalue weighted by Gasteiger charge is 2.22. The van der Waals surface area contributed by atoms with Crippen LogP contribution < -0.4 is 10.6 Å². The maximum Gasteiger partial charge on any atom is 0.191 e. The van der Waals surface area contributed by atoms with Gasteiger partial charge in [0.25, 0.3) is 0 Å². The van der Waals surface area contributed by atoms with Crippen LogP contribution in [0.5, 0.6) is 0 Å². The van der Waals surface area contributed by atoms with Crippen LogP contribution in [0.2, 0.25) is 0 Å². The first-order valence-corrected chi connectivity index (χ1v) is 9.32. The number of nitrogens with one attached hydrogen (secondary N) is 2. The number of aliphatic imine (C=N–C) groups is 1. The van der Waals surface area contributed by atoms with Crippen LogP contribution in [0, 0.1) is 5.92 Å². The molecular weight excluding hydrogens is 288 g/mol. The fraction of sp³-hybridized carbons (Fsp3) is 0.944. The lowest BCUT2D eigenvalue weighted by Gasteiger charge is -2.38. The molecule has 136 valence electrons. The molecule has 1 heterocycles. The number of rotatable bonds is 9. The van der Waals surface area contributed by atoms with Gasteiger partial charge in [0.1, 0.15) is 0 Å². The van der Waals surface area contributed by atoms with Crippen LogP contribution in [-0.4, -0.2) is 62.8 Å². The molecule has 2 N–H and O–H groups in total. The summed E-state index contributed by atoms with van der Waals surface area (Å²) in [6.45, 7) is 13.7. The quantitative estimate of drug-likeness (QED) is 0.388. The molecule has 23 heavy (non-hydrogen) atoms. The molecular formula is C18H38N4O. The molecule has 0 amide bonds. The van der Waals surface area contributed by atoms with Gasteiger partial charge in [0.15, 0.2) is 5.96 Å². The minimum atomic E-state index is 0.540. The summed E-state index contributed by atoms with van der Waals surface area (Å²) < 4.78 is 5.59. The van der Waals surface area contributed by atoms with Gasteiger partial charge < -0.3 is 15.4 Å². The molecule has 2 atom stereocenters. The van der Waals surface area contributed by atoms with E-state index in [0.29, 0.717) is 18.0 Å². The lowest BCUT2D eigenvalue weighted by Crippen LogP contribution is -2.50. The summed E-state index contributed by atoms with van der Waals surface area (Å²) in [5.74, 6) is 1.50. The van der Waals surface area contributed by atoms with Crippen LogP contribution in [0.25, 0.3) is 0 Å². The third kappa shape index (κ3) is 8.56. The predicted octanol–water partition coefficient (Wildman–Crippen LogP) is 2.48. The maximum absolute atomic E-state index is 5.59. The molecule has 0 bridgehead atoms. The number of piperidine rings is 1. The number of guanidine groups is 1. The fourth-order valence-corrected chi connectivity index (χ4v) is 3.06. The Bertz CT molecular complexity index is 333. The summed E-state index contributed by atoms with van der Waals surface area (Å²) in [4.78, 5) is 6.92. The first-order valence-electron chi connectivity index (χ1n) is 9.32. The van der Waals surface area contributed by atoms with Gasteiger partial charge in [-0.3, -0.25) is 9.89 Å². The van der Waals surface area contributed by atoms with Crippen LogP contribution in [0.15, 0.2) is 4.99 Å². The average molecular weight is 327 g/mol. The number of ether oxygens (including phenoxy) is 1. The van der Waals surface area contributed by atoms with E-state index in [1.54, 1.807) is 0 Å². The van der Waals surface area contributed by atoms with E-state index in [0.717, 1.165) is 38.7 Å². The molecule has 1 rings (SSSR count). The van der Waals surface area contributed by atoms with E-state index in [9.17, 15) is 0 Å². The summed E-state index contributed by atoms with van der Waals surface area (Å²) in [6, 6.07) is 1.24. The lowest BCUT2D eigenvalue weighted by atomic mass is 10.0. The first kappa shape index (κ1) is 20.2. The zero-order valence-electron chi connectivity index (χ0n) is 15.9. The van der Waals surface area contributed by atoms with Crippen LogP contribution >= 0.6 is 0 Å². The van der Waals surface area contributed by atoms with Crippen molar-refractivity contribution in [2.75, 3.05) is 39.9 Å². The van der Waals surface area contributed by atoms with Crippen molar-refractivity contribution in [3.8, 4) is 0 Å². The van der Waals surface area contributed by atoms with E-state index >= 15 is 0 Å². The SMILES string of the molecule is CN=C(NCCCOCC(C)C)NCC(C)N1CCCCC1C. The third-order valence-electron chi connectivity index (χ3n) is 4.42. The van der Waals surface area contributed by atoms with Crippen LogP contribution in [0.3, 0.4) is 0 Å². The predicted molar refractivity (Wildman–Crippen MR) is 99.1 cm³/mol. The first-order chi connectivity index (χ1) is 11.0.